The topological polar surface area (TPSA) is 45.2 Å². The molecule has 0 bridgehead atoms. The smallest absolute Gasteiger partial charge is 0.0900 e. The Bertz CT molecular complexity index is 528. The van der Waals surface area contributed by atoms with Gasteiger partial charge in [-0.1, -0.05) is 23.7 Å². The summed E-state index contributed by atoms with van der Waals surface area (Å²) in [5, 5.41) is 11.0. The van der Waals surface area contributed by atoms with Gasteiger partial charge in [-0.3, -0.25) is 9.80 Å². The van der Waals surface area contributed by atoms with E-state index in [-0.39, 0.29) is 6.10 Å². The van der Waals surface area contributed by atoms with E-state index in [1.165, 1.54) is 12.8 Å². The second-order valence-corrected chi connectivity index (χ2v) is 7.85. The molecule has 0 aliphatic carbocycles. The van der Waals surface area contributed by atoms with Gasteiger partial charge >= 0.3 is 0 Å². The molecule has 146 valence electrons. The van der Waals surface area contributed by atoms with Crippen LogP contribution in [0.5, 0.6) is 0 Å². The van der Waals surface area contributed by atoms with E-state index in [1.54, 1.807) is 0 Å². The van der Waals surface area contributed by atoms with Crippen molar-refractivity contribution in [1.82, 2.24) is 9.80 Å². The van der Waals surface area contributed by atoms with Crippen LogP contribution >= 0.6 is 11.6 Å². The molecule has 0 saturated carbocycles. The zero-order valence-electron chi connectivity index (χ0n) is 15.6. The summed E-state index contributed by atoms with van der Waals surface area (Å²) in [6, 6.07) is 7.66. The molecule has 3 atom stereocenters. The SMILES string of the molecule is CC(OCC(O)CN1CCN(CC2CCCO2)CC1)c1ccc(Cl)cc1. The lowest BCUT2D eigenvalue weighted by atomic mass is 10.1. The van der Waals surface area contributed by atoms with Crippen LogP contribution in [0.1, 0.15) is 31.4 Å². The molecule has 2 aliphatic rings. The maximum atomic E-state index is 10.3. The molecule has 1 N–H and O–H groups in total. The summed E-state index contributed by atoms with van der Waals surface area (Å²) < 4.78 is 11.6. The molecule has 1 aromatic carbocycles. The molecule has 6 heteroatoms. The van der Waals surface area contributed by atoms with Gasteiger partial charge in [-0.2, -0.15) is 0 Å². The lowest BCUT2D eigenvalue weighted by Crippen LogP contribution is -2.50. The normalized spacial score (nSPS) is 24.7. The van der Waals surface area contributed by atoms with Gasteiger partial charge in [-0.25, -0.2) is 0 Å². The van der Waals surface area contributed by atoms with Crippen molar-refractivity contribution in [1.29, 1.82) is 0 Å². The Morgan fingerprint density at radius 2 is 1.88 bits per heavy atom. The molecule has 2 heterocycles. The number of aliphatic hydroxyl groups excluding tert-OH is 1. The minimum Gasteiger partial charge on any atom is -0.389 e. The third kappa shape index (κ3) is 6.19. The fraction of sp³-hybridized carbons (Fsp3) is 0.700. The van der Waals surface area contributed by atoms with Gasteiger partial charge in [0, 0.05) is 50.9 Å². The summed E-state index contributed by atoms with van der Waals surface area (Å²) in [5.41, 5.74) is 1.07. The van der Waals surface area contributed by atoms with Crippen molar-refractivity contribution in [3.63, 3.8) is 0 Å². The molecule has 0 aromatic heterocycles. The third-order valence-corrected chi connectivity index (χ3v) is 5.55. The number of hydrogen-bond donors (Lipinski definition) is 1. The van der Waals surface area contributed by atoms with E-state index in [4.69, 9.17) is 21.1 Å². The van der Waals surface area contributed by atoms with E-state index in [0.29, 0.717) is 19.3 Å². The quantitative estimate of drug-likeness (QED) is 0.748. The van der Waals surface area contributed by atoms with Crippen molar-refractivity contribution in [2.45, 2.75) is 38.1 Å². The fourth-order valence-electron chi connectivity index (χ4n) is 3.67. The molecule has 2 fully saturated rings. The van der Waals surface area contributed by atoms with E-state index in [2.05, 4.69) is 9.80 Å². The Kier molecular flexibility index (Phi) is 7.73. The van der Waals surface area contributed by atoms with Crippen LogP contribution in [0.25, 0.3) is 0 Å². The van der Waals surface area contributed by atoms with Crippen LogP contribution in [0.15, 0.2) is 24.3 Å². The maximum absolute atomic E-state index is 10.3. The summed E-state index contributed by atoms with van der Waals surface area (Å²) in [5.74, 6) is 0. The molecule has 3 rings (SSSR count). The number of aliphatic hydroxyl groups is 1. The zero-order valence-corrected chi connectivity index (χ0v) is 16.4. The van der Waals surface area contributed by atoms with E-state index in [1.807, 2.05) is 31.2 Å². The van der Waals surface area contributed by atoms with Crippen LogP contribution in [0.3, 0.4) is 0 Å². The number of ether oxygens (including phenoxy) is 2. The molecule has 0 spiro atoms. The van der Waals surface area contributed by atoms with E-state index in [9.17, 15) is 5.11 Å². The van der Waals surface area contributed by atoms with Crippen LogP contribution in [0.4, 0.5) is 0 Å². The van der Waals surface area contributed by atoms with Gasteiger partial charge in [0.15, 0.2) is 0 Å². The highest BCUT2D eigenvalue weighted by Gasteiger charge is 2.24. The predicted octanol–water partition coefficient (Wildman–Crippen LogP) is 2.58. The molecule has 2 aliphatic heterocycles. The molecular formula is C20H31ClN2O3. The van der Waals surface area contributed by atoms with E-state index < -0.39 is 6.10 Å². The summed E-state index contributed by atoms with van der Waals surface area (Å²) >= 11 is 5.91. The molecule has 2 saturated heterocycles. The maximum Gasteiger partial charge on any atom is 0.0900 e. The van der Waals surface area contributed by atoms with Gasteiger partial charge in [0.2, 0.25) is 0 Å². The Balaban J connectivity index is 1.32. The number of β-amino-alcohol motifs (C(OH)–C–C–N with tert-alkyl or cyclic N) is 1. The first-order valence-electron chi connectivity index (χ1n) is 9.71. The second kappa shape index (κ2) is 10.0. The lowest BCUT2D eigenvalue weighted by molar-refractivity contribution is -0.0232. The van der Waals surface area contributed by atoms with Crippen molar-refractivity contribution in [2.24, 2.45) is 0 Å². The van der Waals surface area contributed by atoms with Crippen molar-refractivity contribution in [3.05, 3.63) is 34.9 Å². The fourth-order valence-corrected chi connectivity index (χ4v) is 3.79. The number of nitrogens with zero attached hydrogens (tertiary/aromatic N) is 2. The summed E-state index contributed by atoms with van der Waals surface area (Å²) in [6.45, 7) is 9.08. The predicted molar refractivity (Wildman–Crippen MR) is 104 cm³/mol. The molecule has 26 heavy (non-hydrogen) atoms. The zero-order chi connectivity index (χ0) is 18.4. The van der Waals surface area contributed by atoms with Crippen LogP contribution in [0, 0.1) is 0 Å². The summed E-state index contributed by atoms with van der Waals surface area (Å²) in [7, 11) is 0. The summed E-state index contributed by atoms with van der Waals surface area (Å²) in [6.07, 6.45) is 2.31. The van der Waals surface area contributed by atoms with Crippen molar-refractivity contribution in [3.8, 4) is 0 Å². The van der Waals surface area contributed by atoms with Crippen LogP contribution in [-0.4, -0.2) is 79.6 Å². The van der Waals surface area contributed by atoms with Crippen LogP contribution in [0.2, 0.25) is 5.02 Å². The highest BCUT2D eigenvalue weighted by Crippen LogP contribution is 2.19. The Morgan fingerprint density at radius 1 is 1.19 bits per heavy atom. The average Bonchev–Trinajstić information content (AvgIpc) is 3.15. The molecule has 0 amide bonds. The largest absolute Gasteiger partial charge is 0.389 e. The molecular weight excluding hydrogens is 352 g/mol. The van der Waals surface area contributed by atoms with Gasteiger partial charge in [-0.05, 0) is 37.5 Å². The number of hydrogen-bond acceptors (Lipinski definition) is 5. The van der Waals surface area contributed by atoms with Crippen LogP contribution in [-0.2, 0) is 9.47 Å². The van der Waals surface area contributed by atoms with Crippen molar-refractivity contribution < 1.29 is 14.6 Å². The highest BCUT2D eigenvalue weighted by molar-refractivity contribution is 6.30. The molecule has 1 aromatic rings. The second-order valence-electron chi connectivity index (χ2n) is 7.42. The van der Waals surface area contributed by atoms with Gasteiger partial charge < -0.3 is 14.6 Å². The number of benzene rings is 1. The minimum absolute atomic E-state index is 0.0508. The number of halogens is 1. The van der Waals surface area contributed by atoms with Crippen molar-refractivity contribution >= 4 is 11.6 Å². The first-order chi connectivity index (χ1) is 12.6. The first kappa shape index (κ1) is 20.1. The van der Waals surface area contributed by atoms with Crippen molar-refractivity contribution in [2.75, 3.05) is 52.5 Å². The third-order valence-electron chi connectivity index (χ3n) is 5.30. The van der Waals surface area contributed by atoms with Gasteiger partial charge in [0.1, 0.15) is 0 Å². The van der Waals surface area contributed by atoms with E-state index in [0.717, 1.165) is 49.9 Å². The standard InChI is InChI=1S/C20H31ClN2O3/c1-16(17-4-6-18(21)7-5-17)26-15-19(24)13-22-8-10-23(11-9-22)14-20-3-2-12-25-20/h4-7,16,19-20,24H,2-3,8-15H2,1H3. The average molecular weight is 383 g/mol. The Labute approximate surface area is 161 Å². The molecule has 3 unspecified atom stereocenters. The van der Waals surface area contributed by atoms with Gasteiger partial charge in [0.05, 0.1) is 24.9 Å². The Hall–Kier alpha value is -0.690. The summed E-state index contributed by atoms with van der Waals surface area (Å²) in [4.78, 5) is 4.81. The minimum atomic E-state index is -0.463. The molecule has 0 radical (unpaired) electrons. The number of rotatable bonds is 8. The number of piperazine rings is 1. The monoisotopic (exact) mass is 382 g/mol. The van der Waals surface area contributed by atoms with Gasteiger partial charge in [-0.15, -0.1) is 0 Å². The highest BCUT2D eigenvalue weighted by atomic mass is 35.5. The van der Waals surface area contributed by atoms with Crippen LogP contribution < -0.4 is 0 Å². The Morgan fingerprint density at radius 3 is 2.54 bits per heavy atom. The van der Waals surface area contributed by atoms with E-state index >= 15 is 0 Å². The van der Waals surface area contributed by atoms with Gasteiger partial charge in [0.25, 0.3) is 0 Å². The first-order valence-corrected chi connectivity index (χ1v) is 10.1. The lowest BCUT2D eigenvalue weighted by Gasteiger charge is -2.36. The molecule has 5 nitrogen and oxygen atoms in total.